The number of carboxylic acids is 1. The third-order valence-corrected chi connectivity index (χ3v) is 2.16. The molecule has 1 heterocycles. The maximum atomic E-state index is 10.9. The van der Waals surface area contributed by atoms with E-state index in [1.807, 2.05) is 0 Å². The van der Waals surface area contributed by atoms with Gasteiger partial charge in [-0.1, -0.05) is 0 Å². The Balaban J connectivity index is 2.64. The predicted octanol–water partition coefficient (Wildman–Crippen LogP) is 0.0277. The summed E-state index contributed by atoms with van der Waals surface area (Å²) in [6.45, 7) is 2.08. The van der Waals surface area contributed by atoms with Crippen LogP contribution in [0.25, 0.3) is 0 Å². The van der Waals surface area contributed by atoms with E-state index in [2.05, 4.69) is 15.3 Å². The first-order valence-corrected chi connectivity index (χ1v) is 4.99. The van der Waals surface area contributed by atoms with Crippen LogP contribution in [0.3, 0.4) is 0 Å². The van der Waals surface area contributed by atoms with E-state index < -0.39 is 12.0 Å². The largest absolute Gasteiger partial charge is 0.492 e. The van der Waals surface area contributed by atoms with Gasteiger partial charge in [0.25, 0.3) is 0 Å². The summed E-state index contributed by atoms with van der Waals surface area (Å²) >= 11 is 0. The number of nitrogens with one attached hydrogen (secondary N) is 2. The lowest BCUT2D eigenvalue weighted by Gasteiger charge is -2.12. The van der Waals surface area contributed by atoms with Crippen molar-refractivity contribution in [2.75, 3.05) is 11.9 Å². The van der Waals surface area contributed by atoms with E-state index in [1.165, 1.54) is 0 Å². The Morgan fingerprint density at radius 2 is 2.38 bits per heavy atom. The molecule has 7 heteroatoms. The Hall–Kier alpha value is -1.76. The molecule has 1 atom stereocenters. The maximum absolute atomic E-state index is 10.9. The predicted molar refractivity (Wildman–Crippen MR) is 58.3 cm³/mol. The lowest BCUT2D eigenvalue weighted by Crippen LogP contribution is -2.30. The lowest BCUT2D eigenvalue weighted by atomic mass is 10.1. The Labute approximate surface area is 92.7 Å². The van der Waals surface area contributed by atoms with Crippen LogP contribution < -0.4 is 11.1 Å². The first-order chi connectivity index (χ1) is 7.54. The summed E-state index contributed by atoms with van der Waals surface area (Å²) < 4.78 is 0. The van der Waals surface area contributed by atoms with Crippen molar-refractivity contribution in [3.05, 3.63) is 5.69 Å². The molecular weight excluding hydrogens is 212 g/mol. The minimum atomic E-state index is -0.970. The molecule has 0 aliphatic heterocycles. The molecule has 0 saturated carbocycles. The van der Waals surface area contributed by atoms with Crippen LogP contribution in [0.5, 0.6) is 5.88 Å². The van der Waals surface area contributed by atoms with Crippen molar-refractivity contribution in [2.45, 2.75) is 25.8 Å². The Morgan fingerprint density at radius 3 is 2.81 bits per heavy atom. The van der Waals surface area contributed by atoms with Gasteiger partial charge >= 0.3 is 5.97 Å². The number of nitrogens with two attached hydrogens (primary N) is 1. The first-order valence-electron chi connectivity index (χ1n) is 4.99. The van der Waals surface area contributed by atoms with Crippen LogP contribution in [0, 0.1) is 6.92 Å². The number of aromatic hydroxyl groups is 1. The normalized spacial score (nSPS) is 12.4. The minimum absolute atomic E-state index is 0.134. The highest BCUT2D eigenvalue weighted by atomic mass is 16.4. The van der Waals surface area contributed by atoms with Crippen LogP contribution in [0.4, 0.5) is 5.95 Å². The highest BCUT2D eigenvalue weighted by molar-refractivity contribution is 5.76. The second-order valence-electron chi connectivity index (χ2n) is 3.50. The molecule has 7 nitrogen and oxygen atoms in total. The smallest absolute Gasteiger partial charge is 0.326 e. The van der Waals surface area contributed by atoms with Gasteiger partial charge in [0.05, 0.1) is 5.69 Å². The summed E-state index contributed by atoms with van der Waals surface area (Å²) in [5.74, 6) is -0.855. The molecule has 0 fully saturated rings. The number of aromatic nitrogens is 2. The molecule has 0 unspecified atom stereocenters. The lowest BCUT2D eigenvalue weighted by molar-refractivity contribution is -0.138. The van der Waals surface area contributed by atoms with Gasteiger partial charge in [-0.3, -0.25) is 0 Å². The molecule has 0 aliphatic rings. The third kappa shape index (κ3) is 3.13. The molecule has 6 N–H and O–H groups in total. The van der Waals surface area contributed by atoms with Crippen molar-refractivity contribution in [2.24, 2.45) is 5.73 Å². The van der Waals surface area contributed by atoms with Gasteiger partial charge in [-0.05, 0) is 26.3 Å². The monoisotopic (exact) mass is 228 g/mol. The van der Waals surface area contributed by atoms with E-state index >= 15 is 0 Å². The van der Waals surface area contributed by atoms with Crippen LogP contribution >= 0.6 is 0 Å². The molecule has 1 aromatic rings. The molecule has 0 aliphatic carbocycles. The minimum Gasteiger partial charge on any atom is -0.492 e. The van der Waals surface area contributed by atoms with Gasteiger partial charge in [0, 0.05) is 0 Å². The van der Waals surface area contributed by atoms with Crippen molar-refractivity contribution in [1.82, 2.24) is 9.97 Å². The summed E-state index contributed by atoms with van der Waals surface area (Å²) in [5.41, 5.74) is 5.81. The number of hydrogen-bond donors (Lipinski definition) is 5. The number of anilines is 1. The van der Waals surface area contributed by atoms with E-state index in [4.69, 9.17) is 10.8 Å². The number of H-pyrrole nitrogens is 1. The number of carbonyl (C=O) groups is 1. The van der Waals surface area contributed by atoms with Gasteiger partial charge < -0.3 is 26.2 Å². The summed E-state index contributed by atoms with van der Waals surface area (Å²) in [6.07, 6.45) is 1.02. The van der Waals surface area contributed by atoms with Crippen molar-refractivity contribution in [3.8, 4) is 5.88 Å². The van der Waals surface area contributed by atoms with Gasteiger partial charge in [-0.2, -0.15) is 4.98 Å². The average Bonchev–Trinajstić information content (AvgIpc) is 2.52. The number of rotatable bonds is 6. The van der Waals surface area contributed by atoms with Crippen molar-refractivity contribution in [1.29, 1.82) is 0 Å². The molecule has 0 aromatic carbocycles. The highest BCUT2D eigenvalue weighted by Gasteiger charge is 2.18. The Kier molecular flexibility index (Phi) is 4.12. The molecule has 1 rings (SSSR count). The third-order valence-electron chi connectivity index (χ3n) is 2.16. The van der Waals surface area contributed by atoms with Gasteiger partial charge in [0.2, 0.25) is 11.8 Å². The summed E-state index contributed by atoms with van der Waals surface area (Å²) in [5, 5.41) is 20.8. The van der Waals surface area contributed by atoms with Crippen molar-refractivity contribution in [3.63, 3.8) is 0 Å². The zero-order chi connectivity index (χ0) is 12.1. The fourth-order valence-corrected chi connectivity index (χ4v) is 1.26. The number of aryl methyl sites for hydroxylation is 1. The molecule has 0 radical (unpaired) electrons. The molecule has 1 aromatic heterocycles. The summed E-state index contributed by atoms with van der Waals surface area (Å²) in [4.78, 5) is 17.4. The van der Waals surface area contributed by atoms with Crippen LogP contribution in [-0.2, 0) is 4.79 Å². The number of aromatic amines is 1. The standard InChI is InChI=1S/C9H16N4O3/c1-5-7(14)13-9(11-5)12-6(8(15)16)3-2-4-10/h6,14H,2-4,10H2,1H3,(H,15,16)(H2,11,12,13)/t6-/m0/s1. The van der Waals surface area contributed by atoms with E-state index in [1.54, 1.807) is 6.92 Å². The zero-order valence-corrected chi connectivity index (χ0v) is 9.03. The van der Waals surface area contributed by atoms with Gasteiger partial charge in [-0.25, -0.2) is 4.79 Å². The Bertz CT molecular complexity index is 344. The summed E-state index contributed by atoms with van der Waals surface area (Å²) in [7, 11) is 0. The van der Waals surface area contributed by atoms with Crippen LogP contribution in [0.15, 0.2) is 0 Å². The van der Waals surface area contributed by atoms with E-state index in [-0.39, 0.29) is 11.8 Å². The second kappa shape index (κ2) is 5.36. The summed E-state index contributed by atoms with van der Waals surface area (Å²) in [6, 6.07) is -0.756. The van der Waals surface area contributed by atoms with Gasteiger partial charge in [-0.15, -0.1) is 0 Å². The number of imidazole rings is 1. The van der Waals surface area contributed by atoms with Crippen LogP contribution in [0.1, 0.15) is 18.5 Å². The maximum Gasteiger partial charge on any atom is 0.326 e. The van der Waals surface area contributed by atoms with Crippen LogP contribution in [0.2, 0.25) is 0 Å². The average molecular weight is 228 g/mol. The second-order valence-corrected chi connectivity index (χ2v) is 3.50. The number of nitrogens with zero attached hydrogens (tertiary/aromatic N) is 1. The molecular formula is C9H16N4O3. The van der Waals surface area contributed by atoms with E-state index in [9.17, 15) is 9.90 Å². The first kappa shape index (κ1) is 12.3. The molecule has 90 valence electrons. The number of aliphatic carboxylic acids is 1. The molecule has 0 amide bonds. The zero-order valence-electron chi connectivity index (χ0n) is 9.03. The van der Waals surface area contributed by atoms with Gasteiger partial charge in [0.15, 0.2) is 0 Å². The van der Waals surface area contributed by atoms with Crippen LogP contribution in [-0.4, -0.2) is 38.7 Å². The fraction of sp³-hybridized carbons (Fsp3) is 0.556. The molecule has 16 heavy (non-hydrogen) atoms. The molecule has 0 saturated heterocycles. The fourth-order valence-electron chi connectivity index (χ4n) is 1.26. The SMILES string of the molecule is Cc1[nH]c(N[C@@H](CCCN)C(=O)O)nc1O. The quantitative estimate of drug-likeness (QED) is 0.468. The van der Waals surface area contributed by atoms with Crippen molar-refractivity contribution >= 4 is 11.9 Å². The van der Waals surface area contributed by atoms with E-state index in [0.717, 1.165) is 0 Å². The Morgan fingerprint density at radius 1 is 1.69 bits per heavy atom. The molecule has 0 bridgehead atoms. The topological polar surface area (TPSA) is 124 Å². The van der Waals surface area contributed by atoms with E-state index in [0.29, 0.717) is 25.1 Å². The number of hydrogen-bond acceptors (Lipinski definition) is 5. The van der Waals surface area contributed by atoms with Gasteiger partial charge in [0.1, 0.15) is 6.04 Å². The highest BCUT2D eigenvalue weighted by Crippen LogP contribution is 2.16. The number of carboxylic acid groups (broad SMARTS) is 1. The molecule has 0 spiro atoms. The van der Waals surface area contributed by atoms with Crippen molar-refractivity contribution < 1.29 is 15.0 Å².